The van der Waals surface area contributed by atoms with Crippen LogP contribution in [0.25, 0.3) is 0 Å². The predicted octanol–water partition coefficient (Wildman–Crippen LogP) is 4.38. The van der Waals surface area contributed by atoms with Crippen LogP contribution in [0.4, 0.5) is 5.69 Å². The molecule has 1 N–H and O–H groups in total. The topological polar surface area (TPSA) is 15.3 Å². The van der Waals surface area contributed by atoms with E-state index in [0.29, 0.717) is 5.41 Å². The number of benzene rings is 1. The van der Waals surface area contributed by atoms with Gasteiger partial charge in [0.1, 0.15) is 0 Å². The fourth-order valence-electron chi connectivity index (χ4n) is 3.63. The molecule has 0 unspecified atom stereocenters. The summed E-state index contributed by atoms with van der Waals surface area (Å²) in [6, 6.07) is 9.02. The smallest absolute Gasteiger partial charge is 0.0366 e. The first kappa shape index (κ1) is 16.4. The van der Waals surface area contributed by atoms with Crippen LogP contribution >= 0.6 is 0 Å². The summed E-state index contributed by atoms with van der Waals surface area (Å²) in [5, 5.41) is 3.62. The molecule has 0 heterocycles. The summed E-state index contributed by atoms with van der Waals surface area (Å²) in [6.45, 7) is 11.2. The van der Waals surface area contributed by atoms with Gasteiger partial charge in [0.2, 0.25) is 0 Å². The molecule has 1 aliphatic rings. The largest absolute Gasteiger partial charge is 0.371 e. The molecule has 2 heteroatoms. The Labute approximate surface area is 130 Å². The third-order valence-electron chi connectivity index (χ3n) is 4.97. The Morgan fingerprint density at radius 1 is 1.05 bits per heavy atom. The minimum Gasteiger partial charge on any atom is -0.371 e. The van der Waals surface area contributed by atoms with Gasteiger partial charge in [0.25, 0.3) is 0 Å². The van der Waals surface area contributed by atoms with Crippen molar-refractivity contribution in [2.24, 2.45) is 5.41 Å². The molecule has 0 saturated heterocycles. The number of aryl methyl sites for hydroxylation is 1. The summed E-state index contributed by atoms with van der Waals surface area (Å²) in [4.78, 5) is 2.57. The van der Waals surface area contributed by atoms with Crippen LogP contribution in [0.2, 0.25) is 0 Å². The van der Waals surface area contributed by atoms with Crippen LogP contribution in [0.1, 0.15) is 51.5 Å². The summed E-state index contributed by atoms with van der Waals surface area (Å²) < 4.78 is 0. The first-order valence-electron chi connectivity index (χ1n) is 8.71. The number of anilines is 1. The highest BCUT2D eigenvalue weighted by molar-refractivity contribution is 5.47. The van der Waals surface area contributed by atoms with Gasteiger partial charge in [-0.25, -0.2) is 0 Å². The average molecular weight is 288 g/mol. The van der Waals surface area contributed by atoms with Crippen LogP contribution in [-0.2, 0) is 0 Å². The Kier molecular flexibility index (Phi) is 6.10. The molecule has 1 fully saturated rings. The van der Waals surface area contributed by atoms with E-state index in [1.807, 2.05) is 0 Å². The fourth-order valence-corrected chi connectivity index (χ4v) is 3.63. The molecule has 1 saturated carbocycles. The number of nitrogens with zero attached hydrogens (tertiary/aromatic N) is 1. The molecule has 0 amide bonds. The number of rotatable bonds is 7. The molecular weight excluding hydrogens is 256 g/mol. The molecule has 21 heavy (non-hydrogen) atoms. The van der Waals surface area contributed by atoms with Crippen molar-refractivity contribution in [3.8, 4) is 0 Å². The highest BCUT2D eigenvalue weighted by Gasteiger charge is 2.33. The fraction of sp³-hybridized carbons (Fsp3) is 0.684. The number of nitrogens with one attached hydrogen (secondary N) is 1. The van der Waals surface area contributed by atoms with Gasteiger partial charge in [-0.1, -0.05) is 43.9 Å². The molecule has 0 aromatic heterocycles. The van der Waals surface area contributed by atoms with E-state index in [9.17, 15) is 0 Å². The van der Waals surface area contributed by atoms with Crippen LogP contribution in [0.5, 0.6) is 0 Å². The zero-order valence-electron chi connectivity index (χ0n) is 14.1. The van der Waals surface area contributed by atoms with Crippen molar-refractivity contribution in [1.29, 1.82) is 0 Å². The van der Waals surface area contributed by atoms with Crippen LogP contribution < -0.4 is 10.2 Å². The van der Waals surface area contributed by atoms with Crippen molar-refractivity contribution in [1.82, 2.24) is 5.32 Å². The van der Waals surface area contributed by atoms with Crippen LogP contribution in [0.15, 0.2) is 24.3 Å². The van der Waals surface area contributed by atoms with E-state index in [4.69, 9.17) is 0 Å². The van der Waals surface area contributed by atoms with Gasteiger partial charge in [0, 0.05) is 30.7 Å². The molecule has 0 bridgehead atoms. The van der Waals surface area contributed by atoms with E-state index in [1.165, 1.54) is 56.4 Å². The number of hydrogen-bond acceptors (Lipinski definition) is 2. The van der Waals surface area contributed by atoms with Gasteiger partial charge in [-0.05, 0) is 45.4 Å². The SMILES string of the molecule is CCNCC1(CN(CC)c2ccc(C)cc2)CCCCC1. The van der Waals surface area contributed by atoms with Crippen LogP contribution in [-0.4, -0.2) is 26.2 Å². The van der Waals surface area contributed by atoms with Crippen LogP contribution in [0.3, 0.4) is 0 Å². The quantitative estimate of drug-likeness (QED) is 0.801. The van der Waals surface area contributed by atoms with Gasteiger partial charge in [-0.15, -0.1) is 0 Å². The first-order chi connectivity index (χ1) is 10.2. The monoisotopic (exact) mass is 288 g/mol. The third kappa shape index (κ3) is 4.47. The Morgan fingerprint density at radius 2 is 1.71 bits per heavy atom. The van der Waals surface area contributed by atoms with Gasteiger partial charge < -0.3 is 10.2 Å². The molecule has 0 aliphatic heterocycles. The normalized spacial score (nSPS) is 17.7. The molecule has 2 nitrogen and oxygen atoms in total. The number of hydrogen-bond donors (Lipinski definition) is 1. The molecule has 0 spiro atoms. The maximum absolute atomic E-state index is 3.62. The van der Waals surface area contributed by atoms with Gasteiger partial charge in [-0.3, -0.25) is 0 Å². The van der Waals surface area contributed by atoms with E-state index < -0.39 is 0 Å². The molecule has 0 atom stereocenters. The van der Waals surface area contributed by atoms with Crippen molar-refractivity contribution in [3.05, 3.63) is 29.8 Å². The van der Waals surface area contributed by atoms with Gasteiger partial charge in [-0.2, -0.15) is 0 Å². The lowest BCUT2D eigenvalue weighted by atomic mass is 9.73. The third-order valence-corrected chi connectivity index (χ3v) is 4.97. The summed E-state index contributed by atoms with van der Waals surface area (Å²) >= 11 is 0. The van der Waals surface area contributed by atoms with Crippen molar-refractivity contribution in [3.63, 3.8) is 0 Å². The zero-order chi connectivity index (χ0) is 15.1. The van der Waals surface area contributed by atoms with E-state index >= 15 is 0 Å². The van der Waals surface area contributed by atoms with Gasteiger partial charge >= 0.3 is 0 Å². The predicted molar refractivity (Wildman–Crippen MR) is 93.1 cm³/mol. The van der Waals surface area contributed by atoms with Crippen molar-refractivity contribution < 1.29 is 0 Å². The molecule has 1 aromatic carbocycles. The Balaban J connectivity index is 2.10. The lowest BCUT2D eigenvalue weighted by molar-refractivity contribution is 0.189. The van der Waals surface area contributed by atoms with Gasteiger partial charge in [0.05, 0.1) is 0 Å². The summed E-state index contributed by atoms with van der Waals surface area (Å²) in [6.07, 6.45) is 6.98. The van der Waals surface area contributed by atoms with Crippen molar-refractivity contribution in [2.75, 3.05) is 31.1 Å². The summed E-state index contributed by atoms with van der Waals surface area (Å²) in [5.74, 6) is 0. The second kappa shape index (κ2) is 7.84. The lowest BCUT2D eigenvalue weighted by Crippen LogP contribution is -2.45. The molecule has 1 aromatic rings. The minimum atomic E-state index is 0.467. The average Bonchev–Trinajstić information content (AvgIpc) is 2.53. The molecule has 1 aliphatic carbocycles. The van der Waals surface area contributed by atoms with Gasteiger partial charge in [0.15, 0.2) is 0 Å². The molecule has 2 rings (SSSR count). The Morgan fingerprint density at radius 3 is 2.29 bits per heavy atom. The summed E-state index contributed by atoms with van der Waals surface area (Å²) in [7, 11) is 0. The molecule has 0 radical (unpaired) electrons. The van der Waals surface area contributed by atoms with Crippen molar-refractivity contribution >= 4 is 5.69 Å². The van der Waals surface area contributed by atoms with E-state index in [0.717, 1.165) is 13.1 Å². The van der Waals surface area contributed by atoms with E-state index in [-0.39, 0.29) is 0 Å². The second-order valence-corrected chi connectivity index (χ2v) is 6.69. The maximum Gasteiger partial charge on any atom is 0.0366 e. The highest BCUT2D eigenvalue weighted by atomic mass is 15.1. The first-order valence-corrected chi connectivity index (χ1v) is 8.71. The van der Waals surface area contributed by atoms with Crippen LogP contribution in [0, 0.1) is 12.3 Å². The minimum absolute atomic E-state index is 0.467. The standard InChI is InChI=1S/C19H32N2/c1-4-20-15-19(13-7-6-8-14-19)16-21(5-2)18-11-9-17(3)10-12-18/h9-12,20H,4-8,13-16H2,1-3H3. The van der Waals surface area contributed by atoms with E-state index in [2.05, 4.69) is 55.3 Å². The second-order valence-electron chi connectivity index (χ2n) is 6.69. The summed E-state index contributed by atoms with van der Waals surface area (Å²) in [5.41, 5.74) is 3.19. The molecule has 118 valence electrons. The zero-order valence-corrected chi connectivity index (χ0v) is 14.1. The lowest BCUT2D eigenvalue weighted by Gasteiger charge is -2.42. The van der Waals surface area contributed by atoms with Crippen molar-refractivity contribution in [2.45, 2.75) is 52.9 Å². The Bertz CT molecular complexity index is 404. The van der Waals surface area contributed by atoms with E-state index in [1.54, 1.807) is 0 Å². The highest BCUT2D eigenvalue weighted by Crippen LogP contribution is 2.37. The maximum atomic E-state index is 3.62. The molecular formula is C19H32N2. The Hall–Kier alpha value is -1.02.